The van der Waals surface area contributed by atoms with E-state index in [1.54, 1.807) is 6.20 Å². The third-order valence-corrected chi connectivity index (χ3v) is 3.17. The van der Waals surface area contributed by atoms with Gasteiger partial charge in [0.2, 0.25) is 0 Å². The molecule has 2 N–H and O–H groups in total. The van der Waals surface area contributed by atoms with E-state index in [2.05, 4.69) is 34.7 Å². The molecule has 3 heteroatoms. The average Bonchev–Trinajstić information content (AvgIpc) is 2.73. The number of aryl methyl sites for hydroxylation is 1. The number of allylic oxidation sites excluding steroid dienone is 1. The molecule has 0 saturated carbocycles. The van der Waals surface area contributed by atoms with Crippen molar-refractivity contribution >= 4 is 21.8 Å². The quantitative estimate of drug-likeness (QED) is 0.683. The minimum atomic E-state index is 0.232. The second kappa shape index (κ2) is 4.18. The molecule has 0 saturated heterocycles. The number of nitrogens with zero attached hydrogens (tertiary/aromatic N) is 1. The lowest BCUT2D eigenvalue weighted by molar-refractivity contribution is 0.391. The van der Waals surface area contributed by atoms with Crippen molar-refractivity contribution < 1.29 is 5.11 Å². The summed E-state index contributed by atoms with van der Waals surface area (Å²) in [6, 6.07) is 8.29. The fraction of sp³-hybridized carbons (Fsp3) is 0.133. The Morgan fingerprint density at radius 3 is 2.94 bits per heavy atom. The molecular weight excluding hydrogens is 224 g/mol. The first kappa shape index (κ1) is 10.8. The van der Waals surface area contributed by atoms with Crippen LogP contribution >= 0.6 is 0 Å². The van der Waals surface area contributed by atoms with Crippen LogP contribution in [0.4, 0.5) is 0 Å². The van der Waals surface area contributed by atoms with E-state index in [9.17, 15) is 0 Å². The molecule has 3 aromatic rings. The lowest BCUT2D eigenvalue weighted by Crippen LogP contribution is -1.87. The van der Waals surface area contributed by atoms with Crippen LogP contribution in [0.3, 0.4) is 0 Å². The van der Waals surface area contributed by atoms with E-state index in [1.165, 1.54) is 10.9 Å². The maximum atomic E-state index is 9.13. The van der Waals surface area contributed by atoms with Gasteiger partial charge in [0.25, 0.3) is 0 Å². The molecule has 0 fully saturated rings. The number of fused-ring (bicyclic) bond motifs is 3. The van der Waals surface area contributed by atoms with E-state index in [0.717, 1.165) is 22.8 Å². The number of rotatable bonds is 3. The van der Waals surface area contributed by atoms with Gasteiger partial charge in [0.15, 0.2) is 0 Å². The fourth-order valence-electron chi connectivity index (χ4n) is 2.24. The molecule has 0 amide bonds. The standard InChI is InChI=1S/C15H14N2O/c1-10(18)2-3-11-4-5-12-13-9-16-7-6-14(13)17-15(12)8-11/h4-9,17-18H,1-3H2. The van der Waals surface area contributed by atoms with Crippen LogP contribution in [-0.2, 0) is 6.42 Å². The second-order valence-electron chi connectivity index (χ2n) is 4.49. The minimum absolute atomic E-state index is 0.232. The van der Waals surface area contributed by atoms with Crippen molar-refractivity contribution in [3.8, 4) is 0 Å². The van der Waals surface area contributed by atoms with Gasteiger partial charge in [-0.05, 0) is 24.1 Å². The molecule has 2 aromatic heterocycles. The zero-order valence-electron chi connectivity index (χ0n) is 9.98. The SMILES string of the molecule is C=C(O)CCc1ccc2c(c1)[nH]c1ccncc12. The van der Waals surface area contributed by atoms with E-state index in [4.69, 9.17) is 5.11 Å². The van der Waals surface area contributed by atoms with Gasteiger partial charge in [0.1, 0.15) is 0 Å². The summed E-state index contributed by atoms with van der Waals surface area (Å²) in [5.41, 5.74) is 3.40. The van der Waals surface area contributed by atoms with Crippen molar-refractivity contribution in [2.75, 3.05) is 0 Å². The molecule has 3 nitrogen and oxygen atoms in total. The zero-order valence-corrected chi connectivity index (χ0v) is 9.98. The van der Waals surface area contributed by atoms with Gasteiger partial charge in [-0.15, -0.1) is 0 Å². The number of aromatic nitrogens is 2. The lowest BCUT2D eigenvalue weighted by atomic mass is 10.1. The highest BCUT2D eigenvalue weighted by molar-refractivity contribution is 6.06. The van der Waals surface area contributed by atoms with Crippen molar-refractivity contribution in [1.82, 2.24) is 9.97 Å². The van der Waals surface area contributed by atoms with Gasteiger partial charge in [-0.3, -0.25) is 4.98 Å². The van der Waals surface area contributed by atoms with Gasteiger partial charge in [-0.25, -0.2) is 0 Å². The fourth-order valence-corrected chi connectivity index (χ4v) is 2.24. The Bertz CT molecular complexity index is 728. The van der Waals surface area contributed by atoms with Crippen molar-refractivity contribution in [2.24, 2.45) is 0 Å². The molecule has 3 rings (SSSR count). The Balaban J connectivity index is 2.07. The molecule has 0 aliphatic rings. The molecule has 0 aliphatic carbocycles. The van der Waals surface area contributed by atoms with Gasteiger partial charge in [0, 0.05) is 40.6 Å². The van der Waals surface area contributed by atoms with Gasteiger partial charge < -0.3 is 10.1 Å². The average molecular weight is 238 g/mol. The normalized spacial score (nSPS) is 11.1. The molecule has 0 radical (unpaired) electrons. The Kier molecular flexibility index (Phi) is 2.52. The van der Waals surface area contributed by atoms with E-state index < -0.39 is 0 Å². The maximum absolute atomic E-state index is 9.13. The summed E-state index contributed by atoms with van der Waals surface area (Å²) in [6.07, 6.45) is 5.07. The van der Waals surface area contributed by atoms with E-state index in [1.807, 2.05) is 12.3 Å². The zero-order chi connectivity index (χ0) is 12.5. The Morgan fingerprint density at radius 1 is 1.22 bits per heavy atom. The number of aromatic amines is 1. The highest BCUT2D eigenvalue weighted by atomic mass is 16.3. The minimum Gasteiger partial charge on any atom is -0.513 e. The molecule has 2 heterocycles. The van der Waals surface area contributed by atoms with Crippen molar-refractivity contribution in [2.45, 2.75) is 12.8 Å². The number of hydrogen-bond donors (Lipinski definition) is 2. The predicted octanol–water partition coefficient (Wildman–Crippen LogP) is 3.72. The number of benzene rings is 1. The molecule has 0 atom stereocenters. The van der Waals surface area contributed by atoms with E-state index in [-0.39, 0.29) is 5.76 Å². The van der Waals surface area contributed by atoms with Gasteiger partial charge in [-0.2, -0.15) is 0 Å². The summed E-state index contributed by atoms with van der Waals surface area (Å²) in [4.78, 5) is 7.53. The number of aliphatic hydroxyl groups is 1. The summed E-state index contributed by atoms with van der Waals surface area (Å²) < 4.78 is 0. The maximum Gasteiger partial charge on any atom is 0.0854 e. The summed E-state index contributed by atoms with van der Waals surface area (Å²) in [6.45, 7) is 3.51. The second-order valence-corrected chi connectivity index (χ2v) is 4.49. The molecule has 90 valence electrons. The number of hydrogen-bond acceptors (Lipinski definition) is 2. The highest BCUT2D eigenvalue weighted by Crippen LogP contribution is 2.25. The van der Waals surface area contributed by atoms with Crippen molar-refractivity contribution in [1.29, 1.82) is 0 Å². The number of H-pyrrole nitrogens is 1. The van der Waals surface area contributed by atoms with Gasteiger partial charge in [-0.1, -0.05) is 18.7 Å². The summed E-state index contributed by atoms with van der Waals surface area (Å²) >= 11 is 0. The van der Waals surface area contributed by atoms with Crippen LogP contribution in [0.5, 0.6) is 0 Å². The van der Waals surface area contributed by atoms with Crippen LogP contribution in [0.2, 0.25) is 0 Å². The first-order chi connectivity index (χ1) is 8.74. The first-order valence-corrected chi connectivity index (χ1v) is 5.95. The molecule has 18 heavy (non-hydrogen) atoms. The Labute approximate surface area is 105 Å². The summed E-state index contributed by atoms with van der Waals surface area (Å²) in [5.74, 6) is 0.232. The number of nitrogens with one attached hydrogen (secondary N) is 1. The molecule has 0 bridgehead atoms. The Hall–Kier alpha value is -2.29. The van der Waals surface area contributed by atoms with Crippen LogP contribution in [0, 0.1) is 0 Å². The predicted molar refractivity (Wildman–Crippen MR) is 73.7 cm³/mol. The van der Waals surface area contributed by atoms with Crippen LogP contribution in [0.15, 0.2) is 49.0 Å². The van der Waals surface area contributed by atoms with Crippen molar-refractivity contribution in [3.63, 3.8) is 0 Å². The van der Waals surface area contributed by atoms with Gasteiger partial charge in [0.05, 0.1) is 5.76 Å². The van der Waals surface area contributed by atoms with E-state index in [0.29, 0.717) is 6.42 Å². The lowest BCUT2D eigenvalue weighted by Gasteiger charge is -2.00. The third-order valence-electron chi connectivity index (χ3n) is 3.17. The molecule has 0 unspecified atom stereocenters. The smallest absolute Gasteiger partial charge is 0.0854 e. The monoisotopic (exact) mass is 238 g/mol. The summed E-state index contributed by atoms with van der Waals surface area (Å²) in [5, 5.41) is 11.5. The highest BCUT2D eigenvalue weighted by Gasteiger charge is 2.04. The largest absolute Gasteiger partial charge is 0.513 e. The van der Waals surface area contributed by atoms with Crippen LogP contribution < -0.4 is 0 Å². The van der Waals surface area contributed by atoms with Crippen LogP contribution in [0.25, 0.3) is 21.8 Å². The first-order valence-electron chi connectivity index (χ1n) is 5.95. The molecular formula is C15H14N2O. The summed E-state index contributed by atoms with van der Waals surface area (Å²) in [7, 11) is 0. The van der Waals surface area contributed by atoms with E-state index >= 15 is 0 Å². The van der Waals surface area contributed by atoms with Crippen LogP contribution in [0.1, 0.15) is 12.0 Å². The number of aliphatic hydroxyl groups excluding tert-OH is 1. The Morgan fingerprint density at radius 2 is 2.11 bits per heavy atom. The topological polar surface area (TPSA) is 48.9 Å². The van der Waals surface area contributed by atoms with Crippen molar-refractivity contribution in [3.05, 3.63) is 54.6 Å². The molecule has 0 spiro atoms. The number of pyridine rings is 1. The molecule has 0 aliphatic heterocycles. The third kappa shape index (κ3) is 1.84. The molecule has 1 aromatic carbocycles. The van der Waals surface area contributed by atoms with Gasteiger partial charge >= 0.3 is 0 Å². The van der Waals surface area contributed by atoms with Crippen LogP contribution in [-0.4, -0.2) is 15.1 Å².